The Morgan fingerprint density at radius 1 is 1.12 bits per heavy atom. The van der Waals surface area contributed by atoms with Crippen molar-refractivity contribution in [3.63, 3.8) is 0 Å². The molecule has 2 aromatic carbocycles. The first kappa shape index (κ1) is 18.3. The van der Waals surface area contributed by atoms with Crippen molar-refractivity contribution < 1.29 is 23.4 Å². The van der Waals surface area contributed by atoms with Gasteiger partial charge in [0.2, 0.25) is 0 Å². The van der Waals surface area contributed by atoms with E-state index in [2.05, 4.69) is 0 Å². The van der Waals surface area contributed by atoms with Crippen molar-refractivity contribution in [2.24, 2.45) is 0 Å². The first-order chi connectivity index (χ1) is 11.3. The first-order valence-electron chi connectivity index (χ1n) is 7.82. The Balaban J connectivity index is 2.12. The van der Waals surface area contributed by atoms with Crippen molar-refractivity contribution in [2.75, 3.05) is 5.75 Å². The number of phenolic OH excluding ortho intramolecular Hbond substituents is 1. The molecule has 0 spiro atoms. The van der Waals surface area contributed by atoms with Crippen molar-refractivity contribution in [3.05, 3.63) is 48.0 Å². The van der Waals surface area contributed by atoms with Crippen LogP contribution in [0.1, 0.15) is 25.8 Å². The second kappa shape index (κ2) is 7.68. The van der Waals surface area contributed by atoms with Crippen molar-refractivity contribution in [1.29, 1.82) is 0 Å². The number of sulfone groups is 1. The zero-order valence-electron chi connectivity index (χ0n) is 13.8. The number of ether oxygens (including phenoxy) is 1. The second-order valence-electron chi connectivity index (χ2n) is 5.69. The predicted molar refractivity (Wildman–Crippen MR) is 92.4 cm³/mol. The molecule has 0 aliphatic heterocycles. The summed E-state index contributed by atoms with van der Waals surface area (Å²) in [5.74, 6) is 0.688. The van der Waals surface area contributed by atoms with Gasteiger partial charge in [-0.25, -0.2) is 8.42 Å². The summed E-state index contributed by atoms with van der Waals surface area (Å²) in [7, 11) is -3.43. The van der Waals surface area contributed by atoms with Crippen LogP contribution >= 0.6 is 0 Å². The lowest BCUT2D eigenvalue weighted by Crippen LogP contribution is -2.12. The minimum absolute atomic E-state index is 0.0444. The van der Waals surface area contributed by atoms with Gasteiger partial charge in [0.05, 0.1) is 16.8 Å². The van der Waals surface area contributed by atoms with Crippen LogP contribution in [0.4, 0.5) is 0 Å². The smallest absolute Gasteiger partial charge is 0.178 e. The van der Waals surface area contributed by atoms with E-state index in [1.54, 1.807) is 31.2 Å². The second-order valence-corrected chi connectivity index (χ2v) is 7.79. The fourth-order valence-corrected chi connectivity index (χ4v) is 3.59. The number of phenols is 1. The van der Waals surface area contributed by atoms with Crippen LogP contribution in [0, 0.1) is 0 Å². The van der Waals surface area contributed by atoms with Gasteiger partial charge >= 0.3 is 0 Å². The molecule has 0 aliphatic rings. The van der Waals surface area contributed by atoms with E-state index in [0.717, 1.165) is 12.0 Å². The molecular formula is C18H22O5S. The van der Waals surface area contributed by atoms with Gasteiger partial charge in [0.15, 0.2) is 21.3 Å². The molecule has 0 amide bonds. The monoisotopic (exact) mass is 350 g/mol. The third-order valence-electron chi connectivity index (χ3n) is 3.65. The number of aliphatic hydroxyl groups is 1. The van der Waals surface area contributed by atoms with Gasteiger partial charge in [-0.1, -0.05) is 13.0 Å². The Hall–Kier alpha value is -2.05. The molecule has 0 aromatic heterocycles. The molecule has 0 radical (unpaired) electrons. The van der Waals surface area contributed by atoms with E-state index in [9.17, 15) is 18.6 Å². The van der Waals surface area contributed by atoms with Crippen molar-refractivity contribution in [1.82, 2.24) is 0 Å². The summed E-state index contributed by atoms with van der Waals surface area (Å²) < 4.78 is 29.9. The molecule has 2 N–H and O–H groups in total. The van der Waals surface area contributed by atoms with Crippen LogP contribution in [0.5, 0.6) is 17.2 Å². The molecule has 0 saturated carbocycles. The quantitative estimate of drug-likeness (QED) is 0.800. The van der Waals surface area contributed by atoms with Gasteiger partial charge < -0.3 is 14.9 Å². The summed E-state index contributed by atoms with van der Waals surface area (Å²) in [6.07, 6.45) is 0.349. The lowest BCUT2D eigenvalue weighted by molar-refractivity contribution is 0.191. The summed E-state index contributed by atoms with van der Waals surface area (Å²) in [5, 5.41) is 19.2. The Morgan fingerprint density at radius 2 is 1.79 bits per heavy atom. The Kier molecular flexibility index (Phi) is 5.85. The van der Waals surface area contributed by atoms with Gasteiger partial charge in [0.1, 0.15) is 5.75 Å². The summed E-state index contributed by atoms with van der Waals surface area (Å²) >= 11 is 0. The fraction of sp³-hybridized carbons (Fsp3) is 0.333. The molecule has 0 saturated heterocycles. The number of aryl methyl sites for hydroxylation is 1. The number of benzene rings is 2. The molecule has 0 bridgehead atoms. The summed E-state index contributed by atoms with van der Waals surface area (Å²) in [4.78, 5) is 0.182. The lowest BCUT2D eigenvalue weighted by Gasteiger charge is -2.10. The van der Waals surface area contributed by atoms with Crippen molar-refractivity contribution in [3.8, 4) is 17.2 Å². The third kappa shape index (κ3) is 4.72. The first-order valence-corrected chi connectivity index (χ1v) is 9.47. The molecule has 5 nitrogen and oxygen atoms in total. The highest BCUT2D eigenvalue weighted by Gasteiger charge is 2.15. The van der Waals surface area contributed by atoms with Crippen molar-refractivity contribution in [2.45, 2.75) is 37.7 Å². The van der Waals surface area contributed by atoms with Crippen LogP contribution in [0.15, 0.2) is 47.4 Å². The maximum Gasteiger partial charge on any atom is 0.178 e. The third-order valence-corrected chi connectivity index (χ3v) is 5.41. The van der Waals surface area contributed by atoms with Crippen LogP contribution in [0.25, 0.3) is 0 Å². The van der Waals surface area contributed by atoms with E-state index in [0.29, 0.717) is 11.5 Å². The van der Waals surface area contributed by atoms with E-state index in [1.807, 2.05) is 13.0 Å². The number of hydrogen-bond acceptors (Lipinski definition) is 5. The molecule has 0 heterocycles. The Bertz CT molecular complexity index is 780. The maximum absolute atomic E-state index is 12.1. The fourth-order valence-electron chi connectivity index (χ4n) is 2.15. The molecule has 2 aromatic rings. The molecule has 130 valence electrons. The van der Waals surface area contributed by atoms with Crippen LogP contribution in [0.3, 0.4) is 0 Å². The number of aromatic hydroxyl groups is 1. The molecule has 1 unspecified atom stereocenters. The molecule has 0 aliphatic carbocycles. The summed E-state index contributed by atoms with van der Waals surface area (Å²) in [6, 6.07) is 11.2. The standard InChI is InChI=1S/C18H22O5S/c1-3-14-4-9-18(17(20)12-14)23-15-5-7-16(8-6-15)24(21,22)11-10-13(2)19/h4-9,12-13,19-20H,3,10-11H2,1-2H3. The molecule has 0 fully saturated rings. The molecule has 6 heteroatoms. The molecule has 2 rings (SSSR count). The Labute approximate surface area is 142 Å². The largest absolute Gasteiger partial charge is 0.504 e. The van der Waals surface area contributed by atoms with Gasteiger partial charge in [0, 0.05) is 0 Å². The number of rotatable bonds is 7. The maximum atomic E-state index is 12.1. The zero-order chi connectivity index (χ0) is 17.7. The van der Waals surface area contributed by atoms with E-state index < -0.39 is 15.9 Å². The highest BCUT2D eigenvalue weighted by molar-refractivity contribution is 7.91. The highest BCUT2D eigenvalue weighted by Crippen LogP contribution is 2.32. The molecular weight excluding hydrogens is 328 g/mol. The lowest BCUT2D eigenvalue weighted by atomic mass is 10.1. The number of aliphatic hydroxyl groups excluding tert-OH is 1. The van der Waals surface area contributed by atoms with Crippen LogP contribution in [-0.4, -0.2) is 30.5 Å². The number of hydrogen-bond donors (Lipinski definition) is 2. The van der Waals surface area contributed by atoms with E-state index in [-0.39, 0.29) is 22.8 Å². The van der Waals surface area contributed by atoms with Crippen molar-refractivity contribution >= 4 is 9.84 Å². The van der Waals surface area contributed by atoms with Gasteiger partial charge in [-0.2, -0.15) is 0 Å². The average molecular weight is 350 g/mol. The van der Waals surface area contributed by atoms with Crippen LogP contribution < -0.4 is 4.74 Å². The van der Waals surface area contributed by atoms with E-state index >= 15 is 0 Å². The van der Waals surface area contributed by atoms with E-state index in [1.165, 1.54) is 12.1 Å². The van der Waals surface area contributed by atoms with Gasteiger partial charge in [-0.05, 0) is 61.7 Å². The van der Waals surface area contributed by atoms with Crippen LogP contribution in [0.2, 0.25) is 0 Å². The van der Waals surface area contributed by atoms with E-state index in [4.69, 9.17) is 4.74 Å². The minimum Gasteiger partial charge on any atom is -0.504 e. The SMILES string of the molecule is CCc1ccc(Oc2ccc(S(=O)(=O)CCC(C)O)cc2)c(O)c1. The average Bonchev–Trinajstić information content (AvgIpc) is 2.55. The molecule has 1 atom stereocenters. The predicted octanol–water partition coefficient (Wildman–Crippen LogP) is 3.29. The molecule has 24 heavy (non-hydrogen) atoms. The van der Waals surface area contributed by atoms with Crippen LogP contribution in [-0.2, 0) is 16.3 Å². The summed E-state index contributed by atoms with van der Waals surface area (Å²) in [5.41, 5.74) is 0.999. The minimum atomic E-state index is -3.43. The Morgan fingerprint density at radius 3 is 2.33 bits per heavy atom. The summed E-state index contributed by atoms with van der Waals surface area (Å²) in [6.45, 7) is 3.55. The van der Waals surface area contributed by atoms with Gasteiger partial charge in [-0.3, -0.25) is 0 Å². The highest BCUT2D eigenvalue weighted by atomic mass is 32.2. The normalized spacial score (nSPS) is 12.8. The van der Waals surface area contributed by atoms with Gasteiger partial charge in [-0.15, -0.1) is 0 Å². The topological polar surface area (TPSA) is 83.8 Å². The zero-order valence-corrected chi connectivity index (χ0v) is 14.6. The van der Waals surface area contributed by atoms with Gasteiger partial charge in [0.25, 0.3) is 0 Å².